The molecule has 2 atom stereocenters. The monoisotopic (exact) mass is 151 g/mol. The molecule has 0 aliphatic carbocycles. The minimum absolute atomic E-state index is 0.193. The molecule has 2 rings (SSSR count). The zero-order valence-corrected chi connectivity index (χ0v) is 6.08. The van der Waals surface area contributed by atoms with Crippen LogP contribution in [-0.4, -0.2) is 31.1 Å². The lowest BCUT2D eigenvalue weighted by Crippen LogP contribution is -2.20. The average Bonchev–Trinajstić information content (AvgIpc) is 2.46. The molecule has 4 heteroatoms. The van der Waals surface area contributed by atoms with Gasteiger partial charge in [0.15, 0.2) is 5.90 Å². The molecule has 0 aromatic heterocycles. The van der Waals surface area contributed by atoms with Gasteiger partial charge in [-0.25, -0.2) is 4.99 Å². The van der Waals surface area contributed by atoms with Crippen LogP contribution < -0.4 is 5.32 Å². The number of ether oxygens (including phenoxy) is 1. The fourth-order valence-corrected chi connectivity index (χ4v) is 1.44. The van der Waals surface area contributed by atoms with Crippen molar-refractivity contribution in [1.29, 1.82) is 5.26 Å². The van der Waals surface area contributed by atoms with E-state index in [2.05, 4.69) is 10.3 Å². The lowest BCUT2D eigenvalue weighted by atomic mass is 10.2. The highest BCUT2D eigenvalue weighted by molar-refractivity contribution is 5.80. The van der Waals surface area contributed by atoms with E-state index >= 15 is 0 Å². The van der Waals surface area contributed by atoms with Crippen molar-refractivity contribution >= 4 is 5.90 Å². The van der Waals surface area contributed by atoms with Gasteiger partial charge in [0.1, 0.15) is 18.6 Å². The molecule has 0 saturated carbocycles. The highest BCUT2D eigenvalue weighted by atomic mass is 16.5. The van der Waals surface area contributed by atoms with Crippen molar-refractivity contribution < 1.29 is 4.74 Å². The second kappa shape index (κ2) is 2.51. The maximum Gasteiger partial charge on any atom is 0.198 e. The van der Waals surface area contributed by atoms with Crippen molar-refractivity contribution in [3.8, 4) is 6.07 Å². The van der Waals surface area contributed by atoms with Crippen molar-refractivity contribution in [3.05, 3.63) is 0 Å². The van der Waals surface area contributed by atoms with Crippen LogP contribution in [-0.2, 0) is 4.74 Å². The van der Waals surface area contributed by atoms with E-state index in [1.807, 2.05) is 6.07 Å². The van der Waals surface area contributed by atoms with E-state index in [0.717, 1.165) is 13.1 Å². The fourth-order valence-electron chi connectivity index (χ4n) is 1.44. The first-order valence-electron chi connectivity index (χ1n) is 3.71. The summed E-state index contributed by atoms with van der Waals surface area (Å²) in [5.74, 6) is 0.615. The van der Waals surface area contributed by atoms with Crippen molar-refractivity contribution in [3.63, 3.8) is 0 Å². The molecule has 58 valence electrons. The predicted molar refractivity (Wildman–Crippen MR) is 39.2 cm³/mol. The molecule has 0 amide bonds. The van der Waals surface area contributed by atoms with Crippen LogP contribution in [0.4, 0.5) is 0 Å². The lowest BCUT2D eigenvalue weighted by molar-refractivity contribution is 0.221. The summed E-state index contributed by atoms with van der Waals surface area (Å²) in [4.78, 5) is 4.25. The zero-order chi connectivity index (χ0) is 7.68. The summed E-state index contributed by atoms with van der Waals surface area (Å²) in [6.45, 7) is 1.75. The number of nitrogens with one attached hydrogen (secondary N) is 1. The molecular weight excluding hydrogens is 142 g/mol. The zero-order valence-electron chi connectivity index (χ0n) is 6.08. The van der Waals surface area contributed by atoms with Crippen LogP contribution in [0.25, 0.3) is 0 Å². The molecule has 4 nitrogen and oxygen atoms in total. The van der Waals surface area contributed by atoms with Gasteiger partial charge in [-0.1, -0.05) is 0 Å². The van der Waals surface area contributed by atoms with Gasteiger partial charge in [0, 0.05) is 13.1 Å². The topological polar surface area (TPSA) is 57.4 Å². The van der Waals surface area contributed by atoms with Gasteiger partial charge in [0.05, 0.1) is 6.07 Å². The van der Waals surface area contributed by atoms with E-state index in [0.29, 0.717) is 12.3 Å². The number of nitriles is 1. The smallest absolute Gasteiger partial charge is 0.198 e. The largest absolute Gasteiger partial charge is 0.473 e. The summed E-state index contributed by atoms with van der Waals surface area (Å²) in [6, 6.07) is 2.29. The Bertz CT molecular complexity index is 230. The number of nitrogens with zero attached hydrogens (tertiary/aromatic N) is 2. The third-order valence-corrected chi connectivity index (χ3v) is 1.96. The number of fused-ring (bicyclic) bond motifs is 1. The van der Waals surface area contributed by atoms with Crippen LogP contribution in [0.5, 0.6) is 0 Å². The van der Waals surface area contributed by atoms with E-state index in [9.17, 15) is 0 Å². The Balaban J connectivity index is 2.02. The van der Waals surface area contributed by atoms with Gasteiger partial charge in [-0.3, -0.25) is 0 Å². The summed E-state index contributed by atoms with van der Waals surface area (Å²) >= 11 is 0. The number of rotatable bonds is 1. The Morgan fingerprint density at radius 2 is 2.64 bits per heavy atom. The predicted octanol–water partition coefficient (Wildman–Crippen LogP) is -0.331. The Morgan fingerprint density at radius 1 is 1.73 bits per heavy atom. The van der Waals surface area contributed by atoms with Crippen molar-refractivity contribution in [2.75, 3.05) is 13.1 Å². The highest BCUT2D eigenvalue weighted by Crippen LogP contribution is 2.17. The van der Waals surface area contributed by atoms with Crippen LogP contribution in [0.3, 0.4) is 0 Å². The molecule has 1 saturated heterocycles. The SMILES string of the molecule is N#CCC1=NC2CNCC2O1. The van der Waals surface area contributed by atoms with E-state index in [-0.39, 0.29) is 12.1 Å². The quantitative estimate of drug-likeness (QED) is 0.558. The van der Waals surface area contributed by atoms with Crippen LogP contribution in [0.2, 0.25) is 0 Å². The number of aliphatic imine (C=N–C) groups is 1. The van der Waals surface area contributed by atoms with Gasteiger partial charge in [0.2, 0.25) is 0 Å². The number of hydrogen-bond acceptors (Lipinski definition) is 4. The first-order chi connectivity index (χ1) is 5.40. The van der Waals surface area contributed by atoms with Crippen LogP contribution in [0.15, 0.2) is 4.99 Å². The number of hydrogen-bond donors (Lipinski definition) is 1. The summed E-state index contributed by atoms with van der Waals surface area (Å²) in [5.41, 5.74) is 0. The molecular formula is C7H9N3O. The molecule has 2 heterocycles. The third kappa shape index (κ3) is 1.08. The van der Waals surface area contributed by atoms with Gasteiger partial charge in [-0.05, 0) is 0 Å². The molecule has 2 aliphatic heterocycles. The molecule has 0 aromatic carbocycles. The van der Waals surface area contributed by atoms with Crippen LogP contribution in [0, 0.1) is 11.3 Å². The third-order valence-electron chi connectivity index (χ3n) is 1.96. The molecule has 1 fully saturated rings. The summed E-state index contributed by atoms with van der Waals surface area (Å²) in [5, 5.41) is 11.5. The second-order valence-electron chi connectivity index (χ2n) is 2.74. The fraction of sp³-hybridized carbons (Fsp3) is 0.714. The molecule has 0 radical (unpaired) electrons. The van der Waals surface area contributed by atoms with E-state index in [1.165, 1.54) is 0 Å². The van der Waals surface area contributed by atoms with E-state index in [4.69, 9.17) is 10.00 Å². The lowest BCUT2D eigenvalue weighted by Gasteiger charge is -2.05. The van der Waals surface area contributed by atoms with Gasteiger partial charge < -0.3 is 10.1 Å². The Hall–Kier alpha value is -1.08. The Morgan fingerprint density at radius 3 is 3.36 bits per heavy atom. The van der Waals surface area contributed by atoms with Crippen LogP contribution >= 0.6 is 0 Å². The second-order valence-corrected chi connectivity index (χ2v) is 2.74. The minimum atomic E-state index is 0.193. The first kappa shape index (κ1) is 6.62. The summed E-state index contributed by atoms with van der Waals surface area (Å²) in [6.07, 6.45) is 0.505. The Kier molecular flexibility index (Phi) is 1.51. The molecule has 0 bridgehead atoms. The van der Waals surface area contributed by atoms with Crippen LogP contribution in [0.1, 0.15) is 6.42 Å². The van der Waals surface area contributed by atoms with Crippen molar-refractivity contribution in [2.45, 2.75) is 18.6 Å². The van der Waals surface area contributed by atoms with Gasteiger partial charge >= 0.3 is 0 Å². The van der Waals surface area contributed by atoms with Gasteiger partial charge in [0.25, 0.3) is 0 Å². The maximum absolute atomic E-state index is 8.36. The average molecular weight is 151 g/mol. The standard InChI is InChI=1S/C7H9N3O/c8-2-1-7-10-5-3-9-4-6(5)11-7/h5-6,9H,1,3-4H2. The summed E-state index contributed by atoms with van der Waals surface area (Å²) < 4.78 is 5.39. The van der Waals surface area contributed by atoms with Crippen molar-refractivity contribution in [2.24, 2.45) is 4.99 Å². The molecule has 0 spiro atoms. The Labute approximate surface area is 64.9 Å². The maximum atomic E-state index is 8.36. The van der Waals surface area contributed by atoms with E-state index in [1.54, 1.807) is 0 Å². The van der Waals surface area contributed by atoms with Gasteiger partial charge in [-0.15, -0.1) is 0 Å². The molecule has 2 aliphatic rings. The van der Waals surface area contributed by atoms with Gasteiger partial charge in [-0.2, -0.15) is 5.26 Å². The molecule has 11 heavy (non-hydrogen) atoms. The van der Waals surface area contributed by atoms with E-state index < -0.39 is 0 Å². The first-order valence-corrected chi connectivity index (χ1v) is 3.71. The normalized spacial score (nSPS) is 33.9. The molecule has 2 unspecified atom stereocenters. The molecule has 1 N–H and O–H groups in total. The summed E-state index contributed by atoms with van der Waals surface area (Å²) in [7, 11) is 0. The molecule has 0 aromatic rings. The highest BCUT2D eigenvalue weighted by Gasteiger charge is 2.34. The van der Waals surface area contributed by atoms with Crippen molar-refractivity contribution in [1.82, 2.24) is 5.32 Å². The minimum Gasteiger partial charge on any atom is -0.473 e.